The van der Waals surface area contributed by atoms with Crippen molar-refractivity contribution < 1.29 is 19.1 Å². The van der Waals surface area contributed by atoms with Crippen molar-refractivity contribution >= 4 is 23.2 Å². The van der Waals surface area contributed by atoms with E-state index in [0.717, 1.165) is 5.75 Å². The quantitative estimate of drug-likeness (QED) is 0.743. The van der Waals surface area contributed by atoms with Crippen molar-refractivity contribution in [2.24, 2.45) is 5.41 Å². The summed E-state index contributed by atoms with van der Waals surface area (Å²) in [6.07, 6.45) is 1.69. The van der Waals surface area contributed by atoms with E-state index in [1.165, 1.54) is 0 Å². The number of hydrogen-bond donors (Lipinski definition) is 1. The number of carbonyl (C=O) groups is 2. The van der Waals surface area contributed by atoms with Crippen molar-refractivity contribution in [1.29, 1.82) is 0 Å². The molecule has 2 aromatic rings. The van der Waals surface area contributed by atoms with Crippen molar-refractivity contribution in [2.45, 2.75) is 20.8 Å². The van der Waals surface area contributed by atoms with Gasteiger partial charge in [-0.15, -0.1) is 6.58 Å². The maximum absolute atomic E-state index is 12.9. The molecule has 29 heavy (non-hydrogen) atoms. The van der Waals surface area contributed by atoms with E-state index in [9.17, 15) is 9.59 Å². The maximum atomic E-state index is 12.9. The highest BCUT2D eigenvalue weighted by Gasteiger charge is 2.37. The molecule has 0 atom stereocenters. The van der Waals surface area contributed by atoms with Gasteiger partial charge < -0.3 is 19.7 Å². The van der Waals surface area contributed by atoms with E-state index in [2.05, 4.69) is 11.9 Å². The third-order valence-electron chi connectivity index (χ3n) is 4.66. The average Bonchev–Trinajstić information content (AvgIpc) is 2.79. The van der Waals surface area contributed by atoms with Crippen LogP contribution in [-0.2, 0) is 4.79 Å². The van der Waals surface area contributed by atoms with Gasteiger partial charge >= 0.3 is 0 Å². The summed E-state index contributed by atoms with van der Waals surface area (Å²) < 4.78 is 11.3. The zero-order valence-corrected chi connectivity index (χ0v) is 17.0. The topological polar surface area (TPSA) is 67.9 Å². The molecule has 0 saturated carbocycles. The molecule has 0 radical (unpaired) electrons. The Morgan fingerprint density at radius 3 is 2.66 bits per heavy atom. The van der Waals surface area contributed by atoms with Crippen LogP contribution in [0.25, 0.3) is 0 Å². The monoisotopic (exact) mass is 394 g/mol. The van der Waals surface area contributed by atoms with Crippen LogP contribution in [0.1, 0.15) is 31.1 Å². The molecule has 6 nitrogen and oxygen atoms in total. The molecular weight excluding hydrogens is 368 g/mol. The van der Waals surface area contributed by atoms with Gasteiger partial charge in [0.1, 0.15) is 18.1 Å². The van der Waals surface area contributed by atoms with Gasteiger partial charge in [-0.3, -0.25) is 9.59 Å². The summed E-state index contributed by atoms with van der Waals surface area (Å²) in [5.74, 6) is 1.01. The normalized spacial score (nSPS) is 15.0. The van der Waals surface area contributed by atoms with Gasteiger partial charge in [-0.1, -0.05) is 6.08 Å². The first kappa shape index (κ1) is 20.5. The third kappa shape index (κ3) is 4.42. The van der Waals surface area contributed by atoms with Crippen LogP contribution < -0.4 is 19.7 Å². The number of amides is 2. The third-order valence-corrected chi connectivity index (χ3v) is 4.66. The Labute approximate surface area is 171 Å². The van der Waals surface area contributed by atoms with Gasteiger partial charge in [-0.25, -0.2) is 0 Å². The molecule has 152 valence electrons. The standard InChI is InChI=1S/C23H26N2O4/c1-5-13-25-19-12-9-17(14-20(19)29-15-23(3,4)22(25)27)24-21(26)16-7-10-18(11-8-16)28-6-2/h5,7-12,14H,1,6,13,15H2,2-4H3,(H,24,26). The van der Waals surface area contributed by atoms with E-state index >= 15 is 0 Å². The van der Waals surface area contributed by atoms with Crippen molar-refractivity contribution in [2.75, 3.05) is 30.0 Å². The van der Waals surface area contributed by atoms with Gasteiger partial charge in [0.05, 0.1) is 17.7 Å². The molecule has 1 N–H and O–H groups in total. The lowest BCUT2D eigenvalue weighted by atomic mass is 9.93. The number of fused-ring (bicyclic) bond motifs is 1. The number of rotatable bonds is 6. The number of carbonyl (C=O) groups excluding carboxylic acids is 2. The Kier molecular flexibility index (Phi) is 5.92. The smallest absolute Gasteiger partial charge is 0.255 e. The molecule has 2 aromatic carbocycles. The molecule has 0 fully saturated rings. The second kappa shape index (κ2) is 8.39. The Balaban J connectivity index is 1.83. The molecule has 0 aromatic heterocycles. The zero-order valence-electron chi connectivity index (χ0n) is 17.0. The molecule has 2 amide bonds. The van der Waals surface area contributed by atoms with Crippen molar-refractivity contribution in [3.05, 3.63) is 60.7 Å². The number of hydrogen-bond acceptors (Lipinski definition) is 4. The van der Waals surface area contributed by atoms with Gasteiger partial charge in [0.2, 0.25) is 5.91 Å². The van der Waals surface area contributed by atoms with Crippen LogP contribution in [0.4, 0.5) is 11.4 Å². The first-order valence-electron chi connectivity index (χ1n) is 9.59. The summed E-state index contributed by atoms with van der Waals surface area (Å²) in [6.45, 7) is 10.6. The Morgan fingerprint density at radius 2 is 2.00 bits per heavy atom. The van der Waals surface area contributed by atoms with Gasteiger partial charge in [0.15, 0.2) is 0 Å². The lowest BCUT2D eigenvalue weighted by molar-refractivity contribution is -0.127. The van der Waals surface area contributed by atoms with Gasteiger partial charge in [-0.05, 0) is 57.2 Å². The lowest BCUT2D eigenvalue weighted by Crippen LogP contribution is -2.42. The van der Waals surface area contributed by atoms with E-state index in [0.29, 0.717) is 35.8 Å². The second-order valence-electron chi connectivity index (χ2n) is 7.47. The van der Waals surface area contributed by atoms with E-state index in [1.807, 2.05) is 20.8 Å². The maximum Gasteiger partial charge on any atom is 0.255 e. The van der Waals surface area contributed by atoms with Crippen molar-refractivity contribution in [1.82, 2.24) is 0 Å². The Bertz CT molecular complexity index is 919. The molecule has 1 aliphatic rings. The van der Waals surface area contributed by atoms with E-state index in [1.54, 1.807) is 53.4 Å². The van der Waals surface area contributed by atoms with Gasteiger partial charge in [0.25, 0.3) is 5.91 Å². The van der Waals surface area contributed by atoms with Crippen LogP contribution in [0, 0.1) is 5.41 Å². The summed E-state index contributed by atoms with van der Waals surface area (Å²) in [7, 11) is 0. The Morgan fingerprint density at radius 1 is 1.28 bits per heavy atom. The van der Waals surface area contributed by atoms with Crippen LogP contribution >= 0.6 is 0 Å². The van der Waals surface area contributed by atoms with Gasteiger partial charge in [-0.2, -0.15) is 0 Å². The highest BCUT2D eigenvalue weighted by atomic mass is 16.5. The summed E-state index contributed by atoms with van der Waals surface area (Å²) in [4.78, 5) is 27.1. The molecule has 1 heterocycles. The second-order valence-corrected chi connectivity index (χ2v) is 7.47. The number of anilines is 2. The number of ether oxygens (including phenoxy) is 2. The molecular formula is C23H26N2O4. The van der Waals surface area contributed by atoms with Crippen LogP contribution in [0.3, 0.4) is 0 Å². The van der Waals surface area contributed by atoms with Gasteiger partial charge in [0, 0.05) is 23.9 Å². The molecule has 0 saturated heterocycles. The number of nitrogens with zero attached hydrogens (tertiary/aromatic N) is 1. The summed E-state index contributed by atoms with van der Waals surface area (Å²) >= 11 is 0. The summed E-state index contributed by atoms with van der Waals surface area (Å²) in [5.41, 5.74) is 1.12. The molecule has 0 unspecified atom stereocenters. The highest BCUT2D eigenvalue weighted by molar-refractivity contribution is 6.05. The molecule has 0 aliphatic carbocycles. The largest absolute Gasteiger partial charge is 0.494 e. The fraction of sp³-hybridized carbons (Fsp3) is 0.304. The van der Waals surface area contributed by atoms with Crippen LogP contribution in [-0.4, -0.2) is 31.6 Å². The minimum Gasteiger partial charge on any atom is -0.494 e. The van der Waals surface area contributed by atoms with Crippen molar-refractivity contribution in [3.8, 4) is 11.5 Å². The number of nitrogens with one attached hydrogen (secondary N) is 1. The van der Waals surface area contributed by atoms with Crippen LogP contribution in [0.15, 0.2) is 55.1 Å². The average molecular weight is 394 g/mol. The van der Waals surface area contributed by atoms with Crippen LogP contribution in [0.2, 0.25) is 0 Å². The summed E-state index contributed by atoms with van der Waals surface area (Å²) in [6, 6.07) is 12.2. The predicted octanol–water partition coefficient (Wildman–Crippen LogP) is 4.28. The molecule has 3 rings (SSSR count). The lowest BCUT2D eigenvalue weighted by Gasteiger charge is -2.27. The zero-order chi connectivity index (χ0) is 21.0. The summed E-state index contributed by atoms with van der Waals surface area (Å²) in [5, 5.41) is 2.88. The minimum absolute atomic E-state index is 0.0256. The molecule has 1 aliphatic heterocycles. The molecule has 0 spiro atoms. The van der Waals surface area contributed by atoms with Crippen LogP contribution in [0.5, 0.6) is 11.5 Å². The van der Waals surface area contributed by atoms with Crippen molar-refractivity contribution in [3.63, 3.8) is 0 Å². The fourth-order valence-electron chi connectivity index (χ4n) is 3.11. The minimum atomic E-state index is -0.659. The number of benzene rings is 2. The molecule has 0 bridgehead atoms. The van der Waals surface area contributed by atoms with E-state index in [4.69, 9.17) is 9.47 Å². The Hall–Kier alpha value is -3.28. The predicted molar refractivity (Wildman–Crippen MR) is 114 cm³/mol. The van der Waals surface area contributed by atoms with E-state index < -0.39 is 5.41 Å². The highest BCUT2D eigenvalue weighted by Crippen LogP contribution is 2.38. The first-order chi connectivity index (χ1) is 13.9. The van der Waals surface area contributed by atoms with E-state index in [-0.39, 0.29) is 18.4 Å². The molecule has 6 heteroatoms. The SMILES string of the molecule is C=CCN1C(=O)C(C)(C)COc2cc(NC(=O)c3ccc(OCC)cc3)ccc21. The fourth-order valence-corrected chi connectivity index (χ4v) is 3.11. The first-order valence-corrected chi connectivity index (χ1v) is 9.59.